The molecule has 0 spiro atoms. The van der Waals surface area contributed by atoms with E-state index in [0.717, 1.165) is 4.31 Å². The fourth-order valence-electron chi connectivity index (χ4n) is 2.62. The molecule has 1 aromatic heterocycles. The number of rotatable bonds is 3. The van der Waals surface area contributed by atoms with Crippen LogP contribution in [-0.2, 0) is 14.8 Å². The van der Waals surface area contributed by atoms with E-state index in [4.69, 9.17) is 5.73 Å². The van der Waals surface area contributed by atoms with Crippen LogP contribution in [0.15, 0.2) is 27.9 Å². The number of nitrogens with zero attached hydrogens (tertiary/aromatic N) is 1. The molecule has 0 saturated carbocycles. The molecule has 1 aliphatic rings. The van der Waals surface area contributed by atoms with Gasteiger partial charge in [-0.1, -0.05) is 0 Å². The van der Waals surface area contributed by atoms with Gasteiger partial charge in [-0.2, -0.15) is 4.31 Å². The molecule has 1 aromatic carbocycles. The number of nitrogens with two attached hydrogens (primary N) is 1. The van der Waals surface area contributed by atoms with Gasteiger partial charge in [0.2, 0.25) is 15.9 Å². The fourth-order valence-corrected chi connectivity index (χ4v) is 4.31. The Hall–Kier alpha value is -2.13. The largest absolute Gasteiger partial charge is 0.368 e. The van der Waals surface area contributed by atoms with E-state index < -0.39 is 27.7 Å². The molecular formula is C12H14N4O4S. The number of fused-ring (bicyclic) bond motifs is 1. The topological polar surface area (TPSA) is 129 Å². The van der Waals surface area contributed by atoms with E-state index >= 15 is 0 Å². The highest BCUT2D eigenvalue weighted by Gasteiger charge is 2.38. The Morgan fingerprint density at radius 1 is 1.29 bits per heavy atom. The molecule has 0 bridgehead atoms. The minimum absolute atomic E-state index is 0.0263. The van der Waals surface area contributed by atoms with Gasteiger partial charge < -0.3 is 15.7 Å². The van der Waals surface area contributed by atoms with Crippen molar-refractivity contribution in [3.05, 3.63) is 28.7 Å². The van der Waals surface area contributed by atoms with Crippen LogP contribution < -0.4 is 11.4 Å². The normalized spacial score (nSPS) is 20.1. The predicted molar refractivity (Wildman–Crippen MR) is 75.0 cm³/mol. The van der Waals surface area contributed by atoms with Gasteiger partial charge in [-0.3, -0.25) is 4.79 Å². The number of aromatic amines is 2. The molecule has 2 heterocycles. The van der Waals surface area contributed by atoms with E-state index in [1.165, 1.54) is 18.2 Å². The maximum Gasteiger partial charge on any atom is 0.323 e. The van der Waals surface area contributed by atoms with Gasteiger partial charge in [-0.25, -0.2) is 13.2 Å². The molecule has 9 heteroatoms. The van der Waals surface area contributed by atoms with Crippen molar-refractivity contribution in [2.75, 3.05) is 6.54 Å². The predicted octanol–water partition coefficient (Wildman–Crippen LogP) is -0.505. The third-order valence-corrected chi connectivity index (χ3v) is 5.53. The lowest BCUT2D eigenvalue weighted by atomic mass is 10.2. The first-order chi connectivity index (χ1) is 9.89. The summed E-state index contributed by atoms with van der Waals surface area (Å²) in [5.41, 5.74) is 5.77. The van der Waals surface area contributed by atoms with Gasteiger partial charge in [0.1, 0.15) is 6.04 Å². The Balaban J connectivity index is 2.07. The zero-order valence-electron chi connectivity index (χ0n) is 11.0. The van der Waals surface area contributed by atoms with Crippen LogP contribution in [0.25, 0.3) is 11.0 Å². The number of H-pyrrole nitrogens is 2. The lowest BCUT2D eigenvalue weighted by molar-refractivity contribution is -0.121. The Kier molecular flexibility index (Phi) is 3.10. The number of primary amides is 1. The van der Waals surface area contributed by atoms with Crippen LogP contribution in [0.3, 0.4) is 0 Å². The van der Waals surface area contributed by atoms with Gasteiger partial charge in [0.05, 0.1) is 15.9 Å². The summed E-state index contributed by atoms with van der Waals surface area (Å²) < 4.78 is 26.4. The Labute approximate surface area is 120 Å². The van der Waals surface area contributed by atoms with E-state index in [1.54, 1.807) is 0 Å². The molecular weight excluding hydrogens is 296 g/mol. The lowest BCUT2D eigenvalue weighted by Gasteiger charge is -2.21. The van der Waals surface area contributed by atoms with E-state index in [1.807, 2.05) is 0 Å². The smallest absolute Gasteiger partial charge is 0.323 e. The highest BCUT2D eigenvalue weighted by Crippen LogP contribution is 2.27. The zero-order valence-corrected chi connectivity index (χ0v) is 11.8. The first-order valence-corrected chi connectivity index (χ1v) is 7.87. The Bertz CT molecular complexity index is 867. The quantitative estimate of drug-likeness (QED) is 0.705. The van der Waals surface area contributed by atoms with Gasteiger partial charge in [-0.15, -0.1) is 0 Å². The van der Waals surface area contributed by atoms with Crippen LogP contribution in [0.4, 0.5) is 0 Å². The van der Waals surface area contributed by atoms with Gasteiger partial charge in [0.25, 0.3) is 0 Å². The van der Waals surface area contributed by atoms with Crippen LogP contribution in [0, 0.1) is 0 Å². The maximum absolute atomic E-state index is 12.6. The number of benzene rings is 1. The first-order valence-electron chi connectivity index (χ1n) is 6.43. The number of hydrogen-bond acceptors (Lipinski definition) is 4. The van der Waals surface area contributed by atoms with Crippen molar-refractivity contribution in [3.8, 4) is 0 Å². The standard InChI is InChI=1S/C12H14N4O4S/c13-11(17)10-2-1-5-16(10)21(19,20)7-3-4-8-9(6-7)15-12(18)14-8/h3-4,6,10H,1-2,5H2,(H2,13,17)(H2,14,15,18)/t10-/m0/s1. The molecule has 112 valence electrons. The molecule has 0 aliphatic carbocycles. The minimum atomic E-state index is -3.82. The molecule has 1 atom stereocenters. The molecule has 1 saturated heterocycles. The average Bonchev–Trinajstić information content (AvgIpc) is 3.02. The second kappa shape index (κ2) is 4.71. The first kappa shape index (κ1) is 13.8. The highest BCUT2D eigenvalue weighted by molar-refractivity contribution is 7.89. The molecule has 1 fully saturated rings. The lowest BCUT2D eigenvalue weighted by Crippen LogP contribution is -2.43. The third kappa shape index (κ3) is 2.24. The maximum atomic E-state index is 12.6. The van der Waals surface area contributed by atoms with Crippen molar-refractivity contribution in [2.45, 2.75) is 23.8 Å². The summed E-state index contributed by atoms with van der Waals surface area (Å²) in [4.78, 5) is 27.7. The number of hydrogen-bond donors (Lipinski definition) is 3. The average molecular weight is 310 g/mol. The SMILES string of the molecule is NC(=O)[C@@H]1CCCN1S(=O)(=O)c1ccc2[nH]c(=O)[nH]c2c1. The Morgan fingerprint density at radius 3 is 2.71 bits per heavy atom. The minimum Gasteiger partial charge on any atom is -0.368 e. The van der Waals surface area contributed by atoms with Gasteiger partial charge in [0.15, 0.2) is 0 Å². The van der Waals surface area contributed by atoms with Crippen LogP contribution in [0.2, 0.25) is 0 Å². The molecule has 3 rings (SSSR count). The van der Waals surface area contributed by atoms with E-state index in [0.29, 0.717) is 23.9 Å². The molecule has 2 aromatic rings. The fraction of sp³-hybridized carbons (Fsp3) is 0.333. The molecule has 21 heavy (non-hydrogen) atoms. The van der Waals surface area contributed by atoms with E-state index in [9.17, 15) is 18.0 Å². The molecule has 8 nitrogen and oxygen atoms in total. The summed E-state index contributed by atoms with van der Waals surface area (Å²) >= 11 is 0. The second-order valence-corrected chi connectivity index (χ2v) is 6.85. The number of imidazole rings is 1. The molecule has 1 amide bonds. The van der Waals surface area contributed by atoms with Gasteiger partial charge in [-0.05, 0) is 31.0 Å². The van der Waals surface area contributed by atoms with Crippen molar-refractivity contribution in [1.82, 2.24) is 14.3 Å². The Morgan fingerprint density at radius 2 is 2.00 bits per heavy atom. The van der Waals surface area contributed by atoms with Crippen molar-refractivity contribution in [1.29, 1.82) is 0 Å². The number of amides is 1. The zero-order chi connectivity index (χ0) is 15.2. The summed E-state index contributed by atoms with van der Waals surface area (Å²) in [5, 5.41) is 0. The summed E-state index contributed by atoms with van der Waals surface area (Å²) in [5.74, 6) is -0.646. The molecule has 0 unspecified atom stereocenters. The number of sulfonamides is 1. The van der Waals surface area contributed by atoms with E-state index in [-0.39, 0.29) is 11.4 Å². The number of nitrogens with one attached hydrogen (secondary N) is 2. The summed E-state index contributed by atoms with van der Waals surface area (Å²) in [6, 6.07) is 3.47. The third-order valence-electron chi connectivity index (χ3n) is 3.63. The van der Waals surface area contributed by atoms with Crippen molar-refractivity contribution < 1.29 is 13.2 Å². The molecule has 4 N–H and O–H groups in total. The summed E-state index contributed by atoms with van der Waals surface area (Å²) in [6.07, 6.45) is 1.02. The number of carbonyl (C=O) groups excluding carboxylic acids is 1. The highest BCUT2D eigenvalue weighted by atomic mass is 32.2. The van der Waals surface area contributed by atoms with Gasteiger partial charge in [0, 0.05) is 6.54 Å². The van der Waals surface area contributed by atoms with Crippen molar-refractivity contribution >= 4 is 27.0 Å². The monoisotopic (exact) mass is 310 g/mol. The summed E-state index contributed by atoms with van der Waals surface area (Å²) in [7, 11) is -3.82. The summed E-state index contributed by atoms with van der Waals surface area (Å²) in [6.45, 7) is 0.262. The molecule has 0 radical (unpaired) electrons. The van der Waals surface area contributed by atoms with Crippen LogP contribution in [0.5, 0.6) is 0 Å². The van der Waals surface area contributed by atoms with Crippen LogP contribution in [-0.4, -0.2) is 41.2 Å². The van der Waals surface area contributed by atoms with Crippen molar-refractivity contribution in [2.24, 2.45) is 5.73 Å². The van der Waals surface area contributed by atoms with Gasteiger partial charge >= 0.3 is 5.69 Å². The second-order valence-electron chi connectivity index (χ2n) is 4.96. The number of aromatic nitrogens is 2. The molecule has 1 aliphatic heterocycles. The number of carbonyl (C=O) groups is 1. The van der Waals surface area contributed by atoms with Crippen LogP contribution >= 0.6 is 0 Å². The van der Waals surface area contributed by atoms with E-state index in [2.05, 4.69) is 9.97 Å². The van der Waals surface area contributed by atoms with Crippen molar-refractivity contribution in [3.63, 3.8) is 0 Å². The van der Waals surface area contributed by atoms with Crippen LogP contribution in [0.1, 0.15) is 12.8 Å².